The van der Waals surface area contributed by atoms with Gasteiger partial charge in [-0.2, -0.15) is 4.98 Å². The number of halogens is 2. The summed E-state index contributed by atoms with van der Waals surface area (Å²) in [5, 5.41) is 6.03. The lowest BCUT2D eigenvalue weighted by Crippen LogP contribution is -2.41. The van der Waals surface area contributed by atoms with E-state index in [4.69, 9.17) is 16.3 Å². The van der Waals surface area contributed by atoms with Crippen LogP contribution in [0.25, 0.3) is 0 Å². The van der Waals surface area contributed by atoms with Crippen molar-refractivity contribution in [2.45, 2.75) is 19.4 Å². The van der Waals surface area contributed by atoms with E-state index in [0.717, 1.165) is 25.6 Å². The second-order valence-electron chi connectivity index (χ2n) is 6.07. The summed E-state index contributed by atoms with van der Waals surface area (Å²) in [5.74, 6) is 0.245. The predicted molar refractivity (Wildman–Crippen MR) is 94.7 cm³/mol. The van der Waals surface area contributed by atoms with E-state index in [2.05, 4.69) is 22.5 Å². The molecule has 25 heavy (non-hydrogen) atoms. The lowest BCUT2D eigenvalue weighted by molar-refractivity contribution is 0.102. The van der Waals surface area contributed by atoms with Crippen LogP contribution in [0.1, 0.15) is 23.7 Å². The van der Waals surface area contributed by atoms with Crippen molar-refractivity contribution in [3.63, 3.8) is 0 Å². The molecule has 1 amide bonds. The van der Waals surface area contributed by atoms with Crippen molar-refractivity contribution in [1.82, 2.24) is 10.3 Å². The predicted octanol–water partition coefficient (Wildman–Crippen LogP) is 3.50. The van der Waals surface area contributed by atoms with Gasteiger partial charge in [0.2, 0.25) is 5.88 Å². The molecule has 1 aromatic heterocycles. The number of carbonyl (C=O) groups is 1. The highest BCUT2D eigenvalue weighted by atomic mass is 35.5. The Morgan fingerprint density at radius 2 is 2.24 bits per heavy atom. The van der Waals surface area contributed by atoms with E-state index in [1.807, 2.05) is 0 Å². The number of nitrogens with one attached hydrogen (secondary N) is 2. The number of pyridine rings is 1. The maximum absolute atomic E-state index is 13.1. The summed E-state index contributed by atoms with van der Waals surface area (Å²) in [7, 11) is 0. The summed E-state index contributed by atoms with van der Waals surface area (Å²) in [6, 6.07) is 8.80. The molecule has 1 aliphatic rings. The first-order valence-electron chi connectivity index (χ1n) is 8.14. The lowest BCUT2D eigenvalue weighted by atomic mass is 9.98. The highest BCUT2D eigenvalue weighted by Gasteiger charge is 2.23. The second kappa shape index (κ2) is 7.80. The summed E-state index contributed by atoms with van der Waals surface area (Å²) >= 11 is 5.91. The van der Waals surface area contributed by atoms with Crippen molar-refractivity contribution >= 4 is 23.3 Å². The standard InChI is InChI=1S/C18H19ClFN3O2/c1-11-10-21-8-7-15(11)25-17-4-2-3-16(22-17)23-18(24)13-6-5-12(20)9-14(13)19/h2-6,9,11,15,21H,7-8,10H2,1H3,(H,22,23,24). The van der Waals surface area contributed by atoms with Gasteiger partial charge in [0.1, 0.15) is 17.7 Å². The molecule has 132 valence electrons. The van der Waals surface area contributed by atoms with E-state index in [1.165, 1.54) is 12.1 Å². The first-order valence-corrected chi connectivity index (χ1v) is 8.51. The fraction of sp³-hybridized carbons (Fsp3) is 0.333. The number of hydrogen-bond acceptors (Lipinski definition) is 4. The SMILES string of the molecule is CC1CNCCC1Oc1cccc(NC(=O)c2ccc(F)cc2Cl)n1. The number of anilines is 1. The van der Waals surface area contributed by atoms with Crippen LogP contribution in [0.4, 0.5) is 10.2 Å². The molecule has 5 nitrogen and oxygen atoms in total. The minimum absolute atomic E-state index is 0.0495. The smallest absolute Gasteiger partial charge is 0.258 e. The second-order valence-corrected chi connectivity index (χ2v) is 6.47. The van der Waals surface area contributed by atoms with Crippen LogP contribution in [0.5, 0.6) is 5.88 Å². The zero-order chi connectivity index (χ0) is 17.8. The number of rotatable bonds is 4. The Hall–Kier alpha value is -2.18. The van der Waals surface area contributed by atoms with E-state index in [-0.39, 0.29) is 16.7 Å². The summed E-state index contributed by atoms with van der Waals surface area (Å²) in [5.41, 5.74) is 0.183. The molecule has 1 saturated heterocycles. The van der Waals surface area contributed by atoms with Crippen molar-refractivity contribution in [1.29, 1.82) is 0 Å². The molecule has 1 aliphatic heterocycles. The molecule has 0 radical (unpaired) electrons. The maximum atomic E-state index is 13.1. The molecule has 0 bridgehead atoms. The van der Waals surface area contributed by atoms with Crippen molar-refractivity contribution in [3.8, 4) is 5.88 Å². The lowest BCUT2D eigenvalue weighted by Gasteiger charge is -2.29. The van der Waals surface area contributed by atoms with Gasteiger partial charge >= 0.3 is 0 Å². The third kappa shape index (κ3) is 4.46. The number of carbonyl (C=O) groups excluding carboxylic acids is 1. The largest absolute Gasteiger partial charge is 0.474 e. The van der Waals surface area contributed by atoms with Gasteiger partial charge in [-0.15, -0.1) is 0 Å². The monoisotopic (exact) mass is 363 g/mol. The molecular formula is C18H19ClFN3O2. The third-order valence-electron chi connectivity index (χ3n) is 4.12. The van der Waals surface area contributed by atoms with Crippen LogP contribution in [0.3, 0.4) is 0 Å². The van der Waals surface area contributed by atoms with E-state index < -0.39 is 11.7 Å². The first kappa shape index (κ1) is 17.6. The van der Waals surface area contributed by atoms with Crippen LogP contribution in [0.15, 0.2) is 36.4 Å². The minimum atomic E-state index is -0.494. The maximum Gasteiger partial charge on any atom is 0.258 e. The Bertz CT molecular complexity index is 772. The van der Waals surface area contributed by atoms with E-state index in [1.54, 1.807) is 18.2 Å². The number of benzene rings is 1. The fourth-order valence-electron chi connectivity index (χ4n) is 2.73. The van der Waals surface area contributed by atoms with E-state index in [0.29, 0.717) is 17.6 Å². The summed E-state index contributed by atoms with van der Waals surface area (Å²) in [4.78, 5) is 16.6. The highest BCUT2D eigenvalue weighted by molar-refractivity contribution is 6.34. The van der Waals surface area contributed by atoms with Crippen molar-refractivity contribution in [2.24, 2.45) is 5.92 Å². The number of piperidine rings is 1. The molecule has 0 saturated carbocycles. The van der Waals surface area contributed by atoms with Gasteiger partial charge < -0.3 is 15.4 Å². The average molecular weight is 364 g/mol. The quantitative estimate of drug-likeness (QED) is 0.872. The Labute approximate surface area is 150 Å². The normalized spacial score (nSPS) is 20.1. The molecule has 1 fully saturated rings. The van der Waals surface area contributed by atoms with Gasteiger partial charge in [0, 0.05) is 18.5 Å². The molecule has 0 aliphatic carbocycles. The zero-order valence-electron chi connectivity index (χ0n) is 13.8. The van der Waals surface area contributed by atoms with Gasteiger partial charge in [-0.05, 0) is 37.2 Å². The summed E-state index contributed by atoms with van der Waals surface area (Å²) < 4.78 is 19.1. The van der Waals surface area contributed by atoms with Crippen LogP contribution in [0, 0.1) is 11.7 Å². The molecule has 2 N–H and O–H groups in total. The Kier molecular flexibility index (Phi) is 5.50. The molecular weight excluding hydrogens is 345 g/mol. The highest BCUT2D eigenvalue weighted by Crippen LogP contribution is 2.21. The average Bonchev–Trinajstić information content (AvgIpc) is 2.57. The molecule has 2 heterocycles. The molecule has 1 aromatic carbocycles. The van der Waals surface area contributed by atoms with Crippen molar-refractivity contribution in [3.05, 3.63) is 52.8 Å². The van der Waals surface area contributed by atoms with Crippen molar-refractivity contribution < 1.29 is 13.9 Å². The number of aromatic nitrogens is 1. The zero-order valence-corrected chi connectivity index (χ0v) is 14.5. The minimum Gasteiger partial charge on any atom is -0.474 e. The molecule has 3 rings (SSSR count). The molecule has 2 aromatic rings. The summed E-state index contributed by atoms with van der Waals surface area (Å²) in [6.45, 7) is 3.94. The van der Waals surface area contributed by atoms with Gasteiger partial charge in [-0.1, -0.05) is 24.6 Å². The van der Waals surface area contributed by atoms with Crippen molar-refractivity contribution in [2.75, 3.05) is 18.4 Å². The third-order valence-corrected chi connectivity index (χ3v) is 4.43. The van der Waals surface area contributed by atoms with Gasteiger partial charge in [0.25, 0.3) is 5.91 Å². The number of hydrogen-bond donors (Lipinski definition) is 2. The number of ether oxygens (including phenoxy) is 1. The first-order chi connectivity index (χ1) is 12.0. The Morgan fingerprint density at radius 1 is 1.40 bits per heavy atom. The Balaban J connectivity index is 1.69. The number of nitrogens with zero attached hydrogens (tertiary/aromatic N) is 1. The fourth-order valence-corrected chi connectivity index (χ4v) is 2.98. The molecule has 2 unspecified atom stereocenters. The van der Waals surface area contributed by atoms with E-state index in [9.17, 15) is 9.18 Å². The number of amides is 1. The van der Waals surface area contributed by atoms with Crippen LogP contribution in [-0.4, -0.2) is 30.1 Å². The van der Waals surface area contributed by atoms with Gasteiger partial charge in [0.15, 0.2) is 0 Å². The molecule has 7 heteroatoms. The van der Waals surface area contributed by atoms with Gasteiger partial charge in [-0.25, -0.2) is 4.39 Å². The van der Waals surface area contributed by atoms with Crippen LogP contribution >= 0.6 is 11.6 Å². The topological polar surface area (TPSA) is 63.2 Å². The van der Waals surface area contributed by atoms with E-state index >= 15 is 0 Å². The summed E-state index contributed by atoms with van der Waals surface area (Å²) in [6.07, 6.45) is 0.996. The Morgan fingerprint density at radius 3 is 3.00 bits per heavy atom. The molecule has 2 atom stereocenters. The van der Waals surface area contributed by atoms with Crippen LogP contribution < -0.4 is 15.4 Å². The van der Waals surface area contributed by atoms with Crippen LogP contribution in [0.2, 0.25) is 5.02 Å². The van der Waals surface area contributed by atoms with Crippen LogP contribution in [-0.2, 0) is 0 Å². The van der Waals surface area contributed by atoms with Gasteiger partial charge in [-0.3, -0.25) is 4.79 Å². The van der Waals surface area contributed by atoms with Gasteiger partial charge in [0.05, 0.1) is 10.6 Å². The molecule has 0 spiro atoms.